The number of hydrogen-bond acceptors (Lipinski definition) is 3. The third-order valence-corrected chi connectivity index (χ3v) is 3.55. The fraction of sp³-hybridized carbons (Fsp3) is 0.263. The Morgan fingerprint density at radius 2 is 1.84 bits per heavy atom. The zero-order valence-corrected chi connectivity index (χ0v) is 15.2. The Morgan fingerprint density at radius 3 is 2.40 bits per heavy atom. The molecule has 132 valence electrons. The van der Waals surface area contributed by atoms with Gasteiger partial charge in [-0.15, -0.1) is 0 Å². The van der Waals surface area contributed by atoms with Crippen LogP contribution in [0.2, 0.25) is 5.02 Å². The number of rotatable bonds is 6. The summed E-state index contributed by atoms with van der Waals surface area (Å²) in [4.78, 5) is 25.6. The van der Waals surface area contributed by atoms with E-state index in [9.17, 15) is 9.59 Å². The molecule has 0 fully saturated rings. The van der Waals surface area contributed by atoms with Gasteiger partial charge in [0.05, 0.1) is 6.10 Å². The molecule has 0 bridgehead atoms. The van der Waals surface area contributed by atoms with E-state index in [-0.39, 0.29) is 24.5 Å². The van der Waals surface area contributed by atoms with Crippen molar-refractivity contribution in [3.05, 3.63) is 53.6 Å². The number of nitrogens with zero attached hydrogens (tertiary/aromatic N) is 1. The first-order valence-electron chi connectivity index (χ1n) is 7.95. The maximum absolute atomic E-state index is 12.3. The first kappa shape index (κ1) is 18.8. The second-order valence-corrected chi connectivity index (χ2v) is 6.26. The lowest BCUT2D eigenvalue weighted by atomic mass is 10.2. The van der Waals surface area contributed by atoms with Crippen molar-refractivity contribution < 1.29 is 14.3 Å². The minimum atomic E-state index is -0.306. The summed E-state index contributed by atoms with van der Waals surface area (Å²) in [5, 5.41) is 3.26. The number of carbonyl (C=O) groups is 2. The molecule has 2 aromatic carbocycles. The molecular weight excluding hydrogens is 340 g/mol. The molecule has 2 aromatic rings. The molecule has 0 atom stereocenters. The van der Waals surface area contributed by atoms with Crippen LogP contribution in [0, 0.1) is 0 Å². The maximum Gasteiger partial charge on any atom is 0.244 e. The number of carbonyl (C=O) groups excluding carboxylic acids is 2. The van der Waals surface area contributed by atoms with E-state index in [2.05, 4.69) is 5.32 Å². The molecule has 0 aliphatic rings. The predicted molar refractivity (Wildman–Crippen MR) is 100 cm³/mol. The molecule has 2 amide bonds. The van der Waals surface area contributed by atoms with Crippen LogP contribution in [0.5, 0.6) is 5.75 Å². The van der Waals surface area contributed by atoms with Crippen LogP contribution in [0.3, 0.4) is 0 Å². The smallest absolute Gasteiger partial charge is 0.244 e. The fourth-order valence-corrected chi connectivity index (χ4v) is 2.46. The summed E-state index contributed by atoms with van der Waals surface area (Å²) in [6, 6.07) is 13.9. The van der Waals surface area contributed by atoms with E-state index < -0.39 is 0 Å². The van der Waals surface area contributed by atoms with Gasteiger partial charge in [-0.1, -0.05) is 17.7 Å². The van der Waals surface area contributed by atoms with Crippen molar-refractivity contribution in [1.29, 1.82) is 0 Å². The highest BCUT2D eigenvalue weighted by atomic mass is 35.5. The molecule has 2 rings (SSSR count). The van der Waals surface area contributed by atoms with Crippen molar-refractivity contribution >= 4 is 34.8 Å². The average Bonchev–Trinajstić information content (AvgIpc) is 2.53. The summed E-state index contributed by atoms with van der Waals surface area (Å²) in [6.07, 6.45) is 0.0678. The quantitative estimate of drug-likeness (QED) is 0.843. The van der Waals surface area contributed by atoms with Gasteiger partial charge < -0.3 is 15.0 Å². The molecule has 5 nitrogen and oxygen atoms in total. The van der Waals surface area contributed by atoms with Crippen molar-refractivity contribution in [3.63, 3.8) is 0 Å². The largest absolute Gasteiger partial charge is 0.491 e. The van der Waals surface area contributed by atoms with E-state index in [1.54, 1.807) is 48.5 Å². The molecule has 25 heavy (non-hydrogen) atoms. The van der Waals surface area contributed by atoms with Gasteiger partial charge in [-0.2, -0.15) is 0 Å². The van der Waals surface area contributed by atoms with Crippen molar-refractivity contribution in [1.82, 2.24) is 0 Å². The number of benzene rings is 2. The zero-order valence-electron chi connectivity index (χ0n) is 14.5. The fourth-order valence-electron chi connectivity index (χ4n) is 2.27. The molecule has 0 heterocycles. The maximum atomic E-state index is 12.3. The number of hydrogen-bond donors (Lipinski definition) is 1. The van der Waals surface area contributed by atoms with Gasteiger partial charge in [0, 0.05) is 23.3 Å². The Bertz CT molecular complexity index is 745. The Morgan fingerprint density at radius 1 is 1.16 bits per heavy atom. The zero-order chi connectivity index (χ0) is 18.4. The van der Waals surface area contributed by atoms with Crippen LogP contribution in [-0.2, 0) is 9.59 Å². The molecule has 0 aromatic heterocycles. The summed E-state index contributed by atoms with van der Waals surface area (Å²) < 4.78 is 5.59. The Labute approximate surface area is 152 Å². The lowest BCUT2D eigenvalue weighted by molar-refractivity contribution is -0.120. The average molecular weight is 361 g/mol. The molecule has 0 spiro atoms. The normalized spacial score (nSPS) is 10.4. The highest BCUT2D eigenvalue weighted by molar-refractivity contribution is 6.30. The summed E-state index contributed by atoms with van der Waals surface area (Å²) in [7, 11) is 0. The standard InChI is InChI=1S/C19H21ClN2O3/c1-13(2)25-18-9-7-17(8-10-18)22(14(3)23)12-19(24)21-16-6-4-5-15(20)11-16/h4-11,13H,12H2,1-3H3,(H,21,24). The van der Waals surface area contributed by atoms with E-state index in [1.807, 2.05) is 13.8 Å². The third kappa shape index (κ3) is 5.80. The summed E-state index contributed by atoms with van der Waals surface area (Å²) in [5.74, 6) is 0.185. The molecule has 0 unspecified atom stereocenters. The first-order chi connectivity index (χ1) is 11.8. The monoisotopic (exact) mass is 360 g/mol. The van der Waals surface area contributed by atoms with E-state index in [4.69, 9.17) is 16.3 Å². The van der Waals surface area contributed by atoms with Crippen molar-refractivity contribution in [2.75, 3.05) is 16.8 Å². The van der Waals surface area contributed by atoms with Crippen molar-refractivity contribution in [2.45, 2.75) is 26.9 Å². The van der Waals surface area contributed by atoms with Crippen LogP contribution in [0.4, 0.5) is 11.4 Å². The molecule has 0 aliphatic heterocycles. The number of ether oxygens (including phenoxy) is 1. The molecular formula is C19H21ClN2O3. The van der Waals surface area contributed by atoms with Crippen LogP contribution in [-0.4, -0.2) is 24.5 Å². The molecule has 1 N–H and O–H groups in total. The molecule has 0 saturated carbocycles. The second-order valence-electron chi connectivity index (χ2n) is 5.82. The Kier molecular flexibility index (Phi) is 6.42. The van der Waals surface area contributed by atoms with Gasteiger partial charge in [-0.05, 0) is 56.3 Å². The predicted octanol–water partition coefficient (Wildman–Crippen LogP) is 4.12. The topological polar surface area (TPSA) is 58.6 Å². The SMILES string of the molecule is CC(=O)N(CC(=O)Nc1cccc(Cl)c1)c1ccc(OC(C)C)cc1. The van der Waals surface area contributed by atoms with Gasteiger partial charge in [0.2, 0.25) is 11.8 Å². The van der Waals surface area contributed by atoms with E-state index in [0.29, 0.717) is 22.1 Å². The van der Waals surface area contributed by atoms with Gasteiger partial charge in [0.25, 0.3) is 0 Å². The number of amides is 2. The van der Waals surface area contributed by atoms with Gasteiger partial charge in [0.1, 0.15) is 12.3 Å². The molecule has 0 saturated heterocycles. The van der Waals surface area contributed by atoms with Gasteiger partial charge >= 0.3 is 0 Å². The van der Waals surface area contributed by atoms with E-state index >= 15 is 0 Å². The third-order valence-electron chi connectivity index (χ3n) is 3.31. The number of anilines is 2. The Hall–Kier alpha value is -2.53. The van der Waals surface area contributed by atoms with Crippen molar-refractivity contribution in [2.24, 2.45) is 0 Å². The number of nitrogens with one attached hydrogen (secondary N) is 1. The lowest BCUT2D eigenvalue weighted by Gasteiger charge is -2.21. The summed E-state index contributed by atoms with van der Waals surface area (Å²) in [5.41, 5.74) is 1.21. The van der Waals surface area contributed by atoms with Gasteiger partial charge in [0.15, 0.2) is 0 Å². The van der Waals surface area contributed by atoms with Crippen molar-refractivity contribution in [3.8, 4) is 5.75 Å². The van der Waals surface area contributed by atoms with Crippen LogP contribution < -0.4 is 15.0 Å². The van der Waals surface area contributed by atoms with Crippen LogP contribution in [0.15, 0.2) is 48.5 Å². The van der Waals surface area contributed by atoms with Gasteiger partial charge in [-0.3, -0.25) is 9.59 Å². The second kappa shape index (κ2) is 8.53. The van der Waals surface area contributed by atoms with E-state index in [0.717, 1.165) is 0 Å². The lowest BCUT2D eigenvalue weighted by Crippen LogP contribution is -2.36. The number of halogens is 1. The molecule has 0 radical (unpaired) electrons. The van der Waals surface area contributed by atoms with Crippen LogP contribution in [0.1, 0.15) is 20.8 Å². The summed E-state index contributed by atoms with van der Waals surface area (Å²) in [6.45, 7) is 5.21. The summed E-state index contributed by atoms with van der Waals surface area (Å²) >= 11 is 5.90. The van der Waals surface area contributed by atoms with Gasteiger partial charge in [-0.25, -0.2) is 0 Å². The Balaban J connectivity index is 2.07. The molecule has 6 heteroatoms. The van der Waals surface area contributed by atoms with Crippen LogP contribution in [0.25, 0.3) is 0 Å². The highest BCUT2D eigenvalue weighted by Gasteiger charge is 2.16. The first-order valence-corrected chi connectivity index (χ1v) is 8.33. The minimum Gasteiger partial charge on any atom is -0.491 e. The van der Waals surface area contributed by atoms with E-state index in [1.165, 1.54) is 11.8 Å². The molecule has 0 aliphatic carbocycles. The minimum absolute atomic E-state index is 0.0678. The highest BCUT2D eigenvalue weighted by Crippen LogP contribution is 2.21. The van der Waals surface area contributed by atoms with Crippen LogP contribution >= 0.6 is 11.6 Å².